The summed E-state index contributed by atoms with van der Waals surface area (Å²) in [5.41, 5.74) is 1.69. The van der Waals surface area contributed by atoms with Gasteiger partial charge in [0, 0.05) is 24.7 Å². The zero-order valence-electron chi connectivity index (χ0n) is 16.0. The average molecular weight is 401 g/mol. The molecule has 4 rings (SSSR count). The Morgan fingerprint density at radius 1 is 1.10 bits per heavy atom. The molecule has 2 heterocycles. The molecule has 1 spiro atoms. The highest BCUT2D eigenvalue weighted by Crippen LogP contribution is 2.34. The van der Waals surface area contributed by atoms with Crippen molar-refractivity contribution < 1.29 is 19.3 Å². The van der Waals surface area contributed by atoms with Crippen LogP contribution in [0.3, 0.4) is 0 Å². The Morgan fingerprint density at radius 2 is 1.79 bits per heavy atom. The lowest BCUT2D eigenvalue weighted by atomic mass is 9.82. The van der Waals surface area contributed by atoms with E-state index in [1.165, 1.54) is 12.1 Å². The largest absolute Gasteiger partial charge is 0.366 e. The summed E-state index contributed by atoms with van der Waals surface area (Å²) in [6.07, 6.45) is 5.68. The standard InChI is InChI=1S/C19H23N5O5/c25-16(21-23-17(26)19(20-18(23)27)8-2-1-3-9-19)13-6-7-14(15(12-13)24(28)29)22-10-4-5-11-22/h6-7,12H,1-5,8-11H2,(H,20,27)(H,21,25). The summed E-state index contributed by atoms with van der Waals surface area (Å²) in [5, 5.41) is 14.9. The van der Waals surface area contributed by atoms with Gasteiger partial charge < -0.3 is 10.2 Å². The minimum absolute atomic E-state index is 0.0184. The first-order valence-corrected chi connectivity index (χ1v) is 9.92. The van der Waals surface area contributed by atoms with Crippen molar-refractivity contribution in [2.24, 2.45) is 0 Å². The van der Waals surface area contributed by atoms with Gasteiger partial charge in [-0.25, -0.2) is 4.79 Å². The number of nitrogens with one attached hydrogen (secondary N) is 2. The molecule has 0 aromatic heterocycles. The topological polar surface area (TPSA) is 125 Å². The molecule has 0 unspecified atom stereocenters. The number of imide groups is 1. The van der Waals surface area contributed by atoms with Gasteiger partial charge in [0.05, 0.1) is 4.92 Å². The molecule has 10 nitrogen and oxygen atoms in total. The molecule has 10 heteroatoms. The maximum absolute atomic E-state index is 12.8. The Labute approximate surface area is 167 Å². The van der Waals surface area contributed by atoms with Crippen molar-refractivity contribution in [3.8, 4) is 0 Å². The quantitative estimate of drug-likeness (QED) is 0.452. The van der Waals surface area contributed by atoms with E-state index >= 15 is 0 Å². The van der Waals surface area contributed by atoms with E-state index in [9.17, 15) is 24.5 Å². The fourth-order valence-corrected chi connectivity index (χ4v) is 4.42. The zero-order chi connectivity index (χ0) is 20.6. The van der Waals surface area contributed by atoms with E-state index < -0.39 is 28.3 Å². The molecule has 0 atom stereocenters. The minimum atomic E-state index is -0.950. The van der Waals surface area contributed by atoms with Crippen LogP contribution in [0.5, 0.6) is 0 Å². The van der Waals surface area contributed by atoms with Gasteiger partial charge in [0.15, 0.2) is 0 Å². The molecule has 3 aliphatic rings. The molecule has 29 heavy (non-hydrogen) atoms. The van der Waals surface area contributed by atoms with Crippen molar-refractivity contribution in [1.29, 1.82) is 0 Å². The first-order chi connectivity index (χ1) is 13.9. The molecule has 0 radical (unpaired) electrons. The summed E-state index contributed by atoms with van der Waals surface area (Å²) >= 11 is 0. The van der Waals surface area contributed by atoms with Crippen LogP contribution in [0, 0.1) is 10.1 Å². The number of hydrogen-bond acceptors (Lipinski definition) is 6. The van der Waals surface area contributed by atoms with Crippen molar-refractivity contribution in [3.63, 3.8) is 0 Å². The van der Waals surface area contributed by atoms with Crippen molar-refractivity contribution in [3.05, 3.63) is 33.9 Å². The third-order valence-electron chi connectivity index (χ3n) is 5.96. The number of nitro benzene ring substituents is 1. The second kappa shape index (κ2) is 7.34. The number of benzene rings is 1. The predicted molar refractivity (Wildman–Crippen MR) is 103 cm³/mol. The van der Waals surface area contributed by atoms with Gasteiger partial charge in [-0.2, -0.15) is 5.01 Å². The van der Waals surface area contributed by atoms with Gasteiger partial charge in [-0.3, -0.25) is 25.1 Å². The minimum Gasteiger partial charge on any atom is -0.366 e. The maximum Gasteiger partial charge on any atom is 0.344 e. The van der Waals surface area contributed by atoms with Crippen LogP contribution >= 0.6 is 0 Å². The Morgan fingerprint density at radius 3 is 2.45 bits per heavy atom. The number of rotatable bonds is 4. The number of urea groups is 1. The molecule has 1 saturated carbocycles. The highest BCUT2D eigenvalue weighted by molar-refractivity contribution is 6.09. The van der Waals surface area contributed by atoms with Gasteiger partial charge >= 0.3 is 6.03 Å². The first-order valence-electron chi connectivity index (χ1n) is 9.92. The van der Waals surface area contributed by atoms with Crippen LogP contribution in [-0.4, -0.2) is 46.4 Å². The summed E-state index contributed by atoms with van der Waals surface area (Å²) in [7, 11) is 0. The normalized spacial score (nSPS) is 20.8. The molecule has 0 bridgehead atoms. The molecular formula is C19H23N5O5. The van der Waals surface area contributed by atoms with E-state index in [2.05, 4.69) is 10.7 Å². The molecule has 3 fully saturated rings. The average Bonchev–Trinajstić information content (AvgIpc) is 3.32. The summed E-state index contributed by atoms with van der Waals surface area (Å²) in [6.45, 7) is 1.47. The Balaban J connectivity index is 1.54. The fraction of sp³-hybridized carbons (Fsp3) is 0.526. The number of carbonyl (C=O) groups excluding carboxylic acids is 3. The monoisotopic (exact) mass is 401 g/mol. The summed E-state index contributed by atoms with van der Waals surface area (Å²) in [5.74, 6) is -1.21. The molecule has 2 saturated heterocycles. The fourth-order valence-electron chi connectivity index (χ4n) is 4.42. The van der Waals surface area contributed by atoms with E-state index in [4.69, 9.17) is 0 Å². The van der Waals surface area contributed by atoms with E-state index in [0.29, 0.717) is 23.5 Å². The van der Waals surface area contributed by atoms with E-state index in [1.54, 1.807) is 6.07 Å². The number of carbonyl (C=O) groups is 3. The van der Waals surface area contributed by atoms with Crippen molar-refractivity contribution in [1.82, 2.24) is 15.8 Å². The lowest BCUT2D eigenvalue weighted by Crippen LogP contribution is -2.50. The van der Waals surface area contributed by atoms with Gasteiger partial charge in [0.25, 0.3) is 17.5 Å². The number of hydrazine groups is 1. The lowest BCUT2D eigenvalue weighted by Gasteiger charge is -2.30. The number of anilines is 1. The molecule has 2 N–H and O–H groups in total. The molecule has 4 amide bonds. The van der Waals surface area contributed by atoms with Gasteiger partial charge in [-0.15, -0.1) is 0 Å². The third-order valence-corrected chi connectivity index (χ3v) is 5.96. The van der Waals surface area contributed by atoms with Gasteiger partial charge in [0.1, 0.15) is 11.2 Å². The maximum atomic E-state index is 12.8. The zero-order valence-corrected chi connectivity index (χ0v) is 16.0. The molecular weight excluding hydrogens is 378 g/mol. The van der Waals surface area contributed by atoms with E-state index in [0.717, 1.165) is 45.2 Å². The molecule has 2 aliphatic heterocycles. The van der Waals surface area contributed by atoms with Crippen LogP contribution in [0.1, 0.15) is 55.3 Å². The number of amides is 4. The van der Waals surface area contributed by atoms with Crippen molar-refractivity contribution >= 4 is 29.2 Å². The first kappa shape index (κ1) is 19.2. The van der Waals surface area contributed by atoms with Crippen LogP contribution in [0.25, 0.3) is 0 Å². The Kier molecular flexibility index (Phi) is 4.85. The molecule has 1 aliphatic carbocycles. The lowest BCUT2D eigenvalue weighted by molar-refractivity contribution is -0.384. The second-order valence-corrected chi connectivity index (χ2v) is 7.81. The van der Waals surface area contributed by atoms with Gasteiger partial charge in [0.2, 0.25) is 0 Å². The molecule has 1 aromatic carbocycles. The Bertz CT molecular complexity index is 874. The van der Waals surface area contributed by atoms with Crippen molar-refractivity contribution in [2.75, 3.05) is 18.0 Å². The van der Waals surface area contributed by atoms with Gasteiger partial charge in [-0.1, -0.05) is 19.3 Å². The number of hydrogen-bond donors (Lipinski definition) is 2. The second-order valence-electron chi connectivity index (χ2n) is 7.81. The number of nitrogens with zero attached hydrogens (tertiary/aromatic N) is 3. The summed E-state index contributed by atoms with van der Waals surface area (Å²) in [6, 6.07) is 3.55. The highest BCUT2D eigenvalue weighted by Gasteiger charge is 2.52. The van der Waals surface area contributed by atoms with E-state index in [-0.39, 0.29) is 11.3 Å². The summed E-state index contributed by atoms with van der Waals surface area (Å²) < 4.78 is 0. The predicted octanol–water partition coefficient (Wildman–Crippen LogP) is 2.09. The van der Waals surface area contributed by atoms with E-state index in [1.807, 2.05) is 4.90 Å². The van der Waals surface area contributed by atoms with Crippen molar-refractivity contribution in [2.45, 2.75) is 50.5 Å². The Hall–Kier alpha value is -3.17. The smallest absolute Gasteiger partial charge is 0.344 e. The third kappa shape index (κ3) is 3.39. The van der Waals surface area contributed by atoms with Crippen LogP contribution in [0.2, 0.25) is 0 Å². The van der Waals surface area contributed by atoms with Gasteiger partial charge in [-0.05, 0) is 37.8 Å². The SMILES string of the molecule is O=C(NN1C(=O)NC2(CCCCC2)C1=O)c1ccc(N2CCCC2)c([N+](=O)[O-])c1. The highest BCUT2D eigenvalue weighted by atomic mass is 16.6. The summed E-state index contributed by atoms with van der Waals surface area (Å²) in [4.78, 5) is 50.6. The van der Waals surface area contributed by atoms with Crippen LogP contribution in [-0.2, 0) is 4.79 Å². The van der Waals surface area contributed by atoms with Crippen LogP contribution in [0.15, 0.2) is 18.2 Å². The molecule has 154 valence electrons. The number of nitro groups is 1. The van der Waals surface area contributed by atoms with Crippen LogP contribution < -0.4 is 15.6 Å². The molecule has 1 aromatic rings. The van der Waals surface area contributed by atoms with Crippen LogP contribution in [0.4, 0.5) is 16.2 Å².